The Bertz CT molecular complexity index is 434. The SMILES string of the molecule is CCC(c1nc(-c2ncc[nH]2)no1)C(C)N. The maximum Gasteiger partial charge on any atom is 0.238 e. The molecule has 0 radical (unpaired) electrons. The number of H-pyrrole nitrogens is 1. The molecule has 0 fully saturated rings. The summed E-state index contributed by atoms with van der Waals surface area (Å²) < 4.78 is 5.20. The van der Waals surface area contributed by atoms with Crippen molar-refractivity contribution in [3.05, 3.63) is 18.3 Å². The van der Waals surface area contributed by atoms with Crippen LogP contribution in [0.3, 0.4) is 0 Å². The van der Waals surface area contributed by atoms with E-state index in [-0.39, 0.29) is 12.0 Å². The van der Waals surface area contributed by atoms with Crippen molar-refractivity contribution in [2.24, 2.45) is 5.73 Å². The van der Waals surface area contributed by atoms with Gasteiger partial charge in [0.15, 0.2) is 5.82 Å². The molecule has 0 saturated carbocycles. The second-order valence-electron chi connectivity index (χ2n) is 3.77. The predicted molar refractivity (Wildman–Crippen MR) is 58.6 cm³/mol. The van der Waals surface area contributed by atoms with Gasteiger partial charge in [-0.3, -0.25) is 0 Å². The van der Waals surface area contributed by atoms with Gasteiger partial charge in [-0.15, -0.1) is 0 Å². The van der Waals surface area contributed by atoms with E-state index in [1.807, 2.05) is 13.8 Å². The van der Waals surface area contributed by atoms with Crippen molar-refractivity contribution in [3.63, 3.8) is 0 Å². The Morgan fingerprint density at radius 1 is 1.56 bits per heavy atom. The number of aromatic amines is 1. The van der Waals surface area contributed by atoms with Crippen LogP contribution >= 0.6 is 0 Å². The lowest BCUT2D eigenvalue weighted by Gasteiger charge is -2.13. The zero-order valence-electron chi connectivity index (χ0n) is 9.34. The third-order valence-corrected chi connectivity index (χ3v) is 2.54. The highest BCUT2D eigenvalue weighted by Gasteiger charge is 2.21. The average Bonchev–Trinajstić information content (AvgIpc) is 2.86. The quantitative estimate of drug-likeness (QED) is 0.811. The van der Waals surface area contributed by atoms with Crippen LogP contribution in [-0.2, 0) is 0 Å². The van der Waals surface area contributed by atoms with Crippen molar-refractivity contribution in [2.45, 2.75) is 32.2 Å². The Hall–Kier alpha value is -1.69. The summed E-state index contributed by atoms with van der Waals surface area (Å²) in [5.41, 5.74) is 5.86. The summed E-state index contributed by atoms with van der Waals surface area (Å²) in [6, 6.07) is -0.00472. The van der Waals surface area contributed by atoms with Crippen LogP contribution in [0, 0.1) is 0 Å². The molecule has 0 saturated heterocycles. The molecule has 86 valence electrons. The van der Waals surface area contributed by atoms with Gasteiger partial charge in [-0.1, -0.05) is 12.1 Å². The van der Waals surface area contributed by atoms with Gasteiger partial charge in [0.25, 0.3) is 0 Å². The monoisotopic (exact) mass is 221 g/mol. The molecule has 0 spiro atoms. The Balaban J connectivity index is 2.25. The van der Waals surface area contributed by atoms with Crippen LogP contribution in [0.4, 0.5) is 0 Å². The van der Waals surface area contributed by atoms with E-state index in [9.17, 15) is 0 Å². The Labute approximate surface area is 93.3 Å². The Kier molecular flexibility index (Phi) is 3.00. The van der Waals surface area contributed by atoms with Crippen molar-refractivity contribution >= 4 is 0 Å². The number of hydrogen-bond donors (Lipinski definition) is 2. The van der Waals surface area contributed by atoms with Crippen LogP contribution in [0.1, 0.15) is 32.1 Å². The molecule has 0 bridgehead atoms. The predicted octanol–water partition coefficient (Wildman–Crippen LogP) is 1.30. The van der Waals surface area contributed by atoms with Crippen molar-refractivity contribution in [2.75, 3.05) is 0 Å². The van der Waals surface area contributed by atoms with Crippen molar-refractivity contribution in [1.29, 1.82) is 0 Å². The maximum atomic E-state index is 5.86. The van der Waals surface area contributed by atoms with Crippen LogP contribution in [0.5, 0.6) is 0 Å². The Morgan fingerprint density at radius 3 is 2.94 bits per heavy atom. The van der Waals surface area contributed by atoms with Gasteiger partial charge in [0.1, 0.15) is 0 Å². The summed E-state index contributed by atoms with van der Waals surface area (Å²) in [5.74, 6) is 1.74. The molecule has 6 nitrogen and oxygen atoms in total. The lowest BCUT2D eigenvalue weighted by molar-refractivity contribution is 0.334. The Morgan fingerprint density at radius 2 is 2.38 bits per heavy atom. The second kappa shape index (κ2) is 4.44. The topological polar surface area (TPSA) is 93.6 Å². The van der Waals surface area contributed by atoms with E-state index in [2.05, 4.69) is 20.1 Å². The molecule has 16 heavy (non-hydrogen) atoms. The summed E-state index contributed by atoms with van der Waals surface area (Å²) in [4.78, 5) is 11.3. The third-order valence-electron chi connectivity index (χ3n) is 2.54. The van der Waals surface area contributed by atoms with Crippen LogP contribution in [0.15, 0.2) is 16.9 Å². The van der Waals surface area contributed by atoms with Crippen molar-refractivity contribution in [1.82, 2.24) is 20.1 Å². The molecular weight excluding hydrogens is 206 g/mol. The summed E-state index contributed by atoms with van der Waals surface area (Å²) in [6.07, 6.45) is 4.24. The van der Waals surface area contributed by atoms with Crippen molar-refractivity contribution < 1.29 is 4.52 Å². The van der Waals surface area contributed by atoms with Gasteiger partial charge in [-0.05, 0) is 13.3 Å². The number of imidazole rings is 1. The van der Waals surface area contributed by atoms with Gasteiger partial charge in [0.05, 0.1) is 5.92 Å². The standard InChI is InChI=1S/C10H15N5O/c1-3-7(6(2)11)10-14-9(15-16-10)8-12-4-5-13-8/h4-7H,3,11H2,1-2H3,(H,12,13). The molecule has 2 aromatic rings. The fourth-order valence-electron chi connectivity index (χ4n) is 1.64. The molecule has 2 atom stereocenters. The summed E-state index contributed by atoms with van der Waals surface area (Å²) in [5, 5.41) is 3.87. The number of rotatable bonds is 4. The van der Waals surface area contributed by atoms with Gasteiger partial charge in [0.2, 0.25) is 11.7 Å². The van der Waals surface area contributed by atoms with Gasteiger partial charge in [-0.2, -0.15) is 4.98 Å². The van der Waals surface area contributed by atoms with Gasteiger partial charge >= 0.3 is 0 Å². The van der Waals surface area contributed by atoms with E-state index in [1.165, 1.54) is 0 Å². The molecule has 0 aliphatic carbocycles. The first-order valence-electron chi connectivity index (χ1n) is 5.31. The highest BCUT2D eigenvalue weighted by atomic mass is 16.5. The molecule has 2 heterocycles. The molecule has 0 aliphatic heterocycles. The van der Waals surface area contributed by atoms with E-state index < -0.39 is 0 Å². The molecule has 0 aromatic carbocycles. The summed E-state index contributed by atoms with van der Waals surface area (Å²) in [7, 11) is 0. The van der Waals surface area contributed by atoms with E-state index in [1.54, 1.807) is 12.4 Å². The van der Waals surface area contributed by atoms with E-state index in [0.29, 0.717) is 17.5 Å². The first kappa shape index (κ1) is 10.8. The normalized spacial score (nSPS) is 14.9. The van der Waals surface area contributed by atoms with Gasteiger partial charge < -0.3 is 15.2 Å². The number of nitrogens with zero attached hydrogens (tertiary/aromatic N) is 3. The second-order valence-corrected chi connectivity index (χ2v) is 3.77. The van der Waals surface area contributed by atoms with E-state index in [4.69, 9.17) is 10.3 Å². The lowest BCUT2D eigenvalue weighted by atomic mass is 9.99. The summed E-state index contributed by atoms with van der Waals surface area (Å²) >= 11 is 0. The van der Waals surface area contributed by atoms with E-state index in [0.717, 1.165) is 6.42 Å². The maximum absolute atomic E-state index is 5.86. The van der Waals surface area contributed by atoms with Crippen LogP contribution in [0.2, 0.25) is 0 Å². The molecule has 6 heteroatoms. The molecule has 3 N–H and O–H groups in total. The first-order chi connectivity index (χ1) is 7.72. The van der Waals surface area contributed by atoms with Gasteiger partial charge in [-0.25, -0.2) is 4.98 Å². The number of aromatic nitrogens is 4. The molecule has 2 aromatic heterocycles. The fourth-order valence-corrected chi connectivity index (χ4v) is 1.64. The van der Waals surface area contributed by atoms with Crippen LogP contribution in [-0.4, -0.2) is 26.2 Å². The highest BCUT2D eigenvalue weighted by molar-refractivity contribution is 5.40. The van der Waals surface area contributed by atoms with E-state index >= 15 is 0 Å². The molecule has 0 aliphatic rings. The number of hydrogen-bond acceptors (Lipinski definition) is 5. The third kappa shape index (κ3) is 1.96. The average molecular weight is 221 g/mol. The molecule has 2 rings (SSSR count). The molecular formula is C10H15N5O. The van der Waals surface area contributed by atoms with Crippen molar-refractivity contribution in [3.8, 4) is 11.6 Å². The fraction of sp³-hybridized carbons (Fsp3) is 0.500. The zero-order valence-corrected chi connectivity index (χ0v) is 9.34. The minimum absolute atomic E-state index is 0.00472. The minimum Gasteiger partial charge on any atom is -0.342 e. The van der Waals surface area contributed by atoms with Gasteiger partial charge in [0, 0.05) is 18.4 Å². The molecule has 0 amide bonds. The highest BCUT2D eigenvalue weighted by Crippen LogP contribution is 2.22. The van der Waals surface area contributed by atoms with Crippen LogP contribution < -0.4 is 5.73 Å². The number of nitrogens with two attached hydrogens (primary N) is 1. The lowest BCUT2D eigenvalue weighted by Crippen LogP contribution is -2.24. The smallest absolute Gasteiger partial charge is 0.238 e. The van der Waals surface area contributed by atoms with Crippen LogP contribution in [0.25, 0.3) is 11.6 Å². The largest absolute Gasteiger partial charge is 0.342 e. The molecule has 2 unspecified atom stereocenters. The first-order valence-corrected chi connectivity index (χ1v) is 5.31. The summed E-state index contributed by atoms with van der Waals surface area (Å²) in [6.45, 7) is 3.98. The number of nitrogens with one attached hydrogen (secondary N) is 1. The minimum atomic E-state index is -0.00472. The zero-order chi connectivity index (χ0) is 11.5.